The van der Waals surface area contributed by atoms with Crippen LogP contribution in [0.1, 0.15) is 28.4 Å². The van der Waals surface area contributed by atoms with Crippen LogP contribution in [0.25, 0.3) is 0 Å². The van der Waals surface area contributed by atoms with Crippen LogP contribution < -0.4 is 10.1 Å². The Morgan fingerprint density at radius 2 is 1.55 bits per heavy atom. The number of rotatable bonds is 8. The Hall–Kier alpha value is -3.81. The highest BCUT2D eigenvalue weighted by Gasteiger charge is 2.33. The number of nitrogens with one attached hydrogen (secondary N) is 1. The molecule has 0 aromatic heterocycles. The second-order valence-electron chi connectivity index (χ2n) is 7.21. The summed E-state index contributed by atoms with van der Waals surface area (Å²) < 4.78 is 45.1. The number of hydrogen-bond donors (Lipinski definition) is 1. The van der Waals surface area contributed by atoms with Crippen LogP contribution in [-0.4, -0.2) is 29.8 Å². The van der Waals surface area contributed by atoms with E-state index in [1.807, 2.05) is 30.3 Å². The molecule has 3 aromatic carbocycles. The molecule has 0 fully saturated rings. The lowest BCUT2D eigenvalue weighted by molar-refractivity contribution is -0.137. The number of amides is 2. The van der Waals surface area contributed by atoms with Gasteiger partial charge in [0.15, 0.2) is 0 Å². The summed E-state index contributed by atoms with van der Waals surface area (Å²) in [6.45, 7) is 1.86. The molecular weight excluding hydrogens is 433 g/mol. The van der Waals surface area contributed by atoms with Gasteiger partial charge in [0, 0.05) is 12.1 Å². The third-order valence-corrected chi connectivity index (χ3v) is 4.86. The zero-order chi connectivity index (χ0) is 23.8. The van der Waals surface area contributed by atoms with Crippen LogP contribution in [0, 0.1) is 0 Å². The molecule has 0 saturated heterocycles. The molecule has 0 heterocycles. The van der Waals surface area contributed by atoms with Crippen molar-refractivity contribution in [3.8, 4) is 5.75 Å². The number of anilines is 1. The average Bonchev–Trinajstić information content (AvgIpc) is 2.81. The van der Waals surface area contributed by atoms with Crippen molar-refractivity contribution in [3.63, 3.8) is 0 Å². The summed E-state index contributed by atoms with van der Waals surface area (Å²) in [5.41, 5.74) is -0.0638. The number of carbonyl (C=O) groups is 2. The van der Waals surface area contributed by atoms with Crippen LogP contribution in [0.3, 0.4) is 0 Å². The highest BCUT2D eigenvalue weighted by Crippen LogP contribution is 2.34. The Morgan fingerprint density at radius 3 is 2.18 bits per heavy atom. The van der Waals surface area contributed by atoms with E-state index < -0.39 is 23.6 Å². The fourth-order valence-corrected chi connectivity index (χ4v) is 3.14. The molecule has 0 spiro atoms. The van der Waals surface area contributed by atoms with E-state index in [0.717, 1.165) is 17.4 Å². The molecule has 0 saturated carbocycles. The van der Waals surface area contributed by atoms with E-state index >= 15 is 0 Å². The Morgan fingerprint density at radius 1 is 0.909 bits per heavy atom. The van der Waals surface area contributed by atoms with Gasteiger partial charge in [0.25, 0.3) is 5.91 Å². The number of benzene rings is 3. The summed E-state index contributed by atoms with van der Waals surface area (Å²) in [4.78, 5) is 26.5. The maximum Gasteiger partial charge on any atom is 0.418 e. The molecule has 5 nitrogen and oxygen atoms in total. The number of alkyl halides is 3. The number of hydrogen-bond acceptors (Lipinski definition) is 3. The minimum absolute atomic E-state index is 0.214. The van der Waals surface area contributed by atoms with Gasteiger partial charge in [-0.05, 0) is 48.9 Å². The third kappa shape index (κ3) is 6.58. The molecule has 172 valence electrons. The quantitative estimate of drug-likeness (QED) is 0.495. The van der Waals surface area contributed by atoms with E-state index in [1.54, 1.807) is 31.2 Å². The molecule has 0 aliphatic carbocycles. The number of halogens is 3. The van der Waals surface area contributed by atoms with Crippen LogP contribution in [0.5, 0.6) is 5.75 Å². The van der Waals surface area contributed by atoms with Gasteiger partial charge in [0.1, 0.15) is 18.9 Å². The van der Waals surface area contributed by atoms with E-state index in [2.05, 4.69) is 5.32 Å². The summed E-state index contributed by atoms with van der Waals surface area (Å²) in [7, 11) is 0. The Bertz CT molecular complexity index is 1080. The second kappa shape index (κ2) is 10.7. The van der Waals surface area contributed by atoms with Gasteiger partial charge >= 0.3 is 6.18 Å². The van der Waals surface area contributed by atoms with Crippen LogP contribution in [0.4, 0.5) is 18.9 Å². The zero-order valence-corrected chi connectivity index (χ0v) is 17.9. The summed E-state index contributed by atoms with van der Waals surface area (Å²) in [6, 6.07) is 20.8. The van der Waals surface area contributed by atoms with E-state index in [9.17, 15) is 22.8 Å². The van der Waals surface area contributed by atoms with Gasteiger partial charge in [0.05, 0.1) is 11.3 Å². The molecule has 1 N–H and O–H groups in total. The third-order valence-electron chi connectivity index (χ3n) is 4.86. The normalized spacial score (nSPS) is 11.0. The molecule has 0 unspecified atom stereocenters. The summed E-state index contributed by atoms with van der Waals surface area (Å²) >= 11 is 0. The van der Waals surface area contributed by atoms with Crippen LogP contribution in [0.2, 0.25) is 0 Å². The predicted octanol–water partition coefficient (Wildman–Crippen LogP) is 5.39. The monoisotopic (exact) mass is 456 g/mol. The first-order valence-corrected chi connectivity index (χ1v) is 10.3. The molecule has 0 aliphatic rings. The average molecular weight is 456 g/mol. The largest absolute Gasteiger partial charge is 0.489 e. The van der Waals surface area contributed by atoms with Gasteiger partial charge in [-0.25, -0.2) is 0 Å². The first kappa shape index (κ1) is 23.8. The maximum absolute atomic E-state index is 13.1. The topological polar surface area (TPSA) is 58.6 Å². The van der Waals surface area contributed by atoms with Crippen molar-refractivity contribution in [3.05, 3.63) is 95.6 Å². The van der Waals surface area contributed by atoms with E-state index in [-0.39, 0.29) is 18.8 Å². The van der Waals surface area contributed by atoms with Gasteiger partial charge in [0.2, 0.25) is 5.91 Å². The van der Waals surface area contributed by atoms with Crippen molar-refractivity contribution >= 4 is 17.5 Å². The number of likely N-dealkylation sites (N-methyl/N-ethyl adjacent to an activating group) is 1. The lowest BCUT2D eigenvalue weighted by Gasteiger charge is -2.21. The summed E-state index contributed by atoms with van der Waals surface area (Å²) in [5, 5.41) is 2.26. The molecule has 33 heavy (non-hydrogen) atoms. The van der Waals surface area contributed by atoms with Gasteiger partial charge in [-0.1, -0.05) is 42.5 Å². The number of para-hydroxylation sites is 2. The Balaban J connectivity index is 1.61. The van der Waals surface area contributed by atoms with Crippen molar-refractivity contribution in [1.29, 1.82) is 0 Å². The van der Waals surface area contributed by atoms with Crippen molar-refractivity contribution in [2.45, 2.75) is 19.7 Å². The van der Waals surface area contributed by atoms with Crippen molar-refractivity contribution in [2.24, 2.45) is 0 Å². The van der Waals surface area contributed by atoms with Crippen molar-refractivity contribution in [2.75, 3.05) is 18.4 Å². The number of nitrogens with zero attached hydrogens (tertiary/aromatic N) is 1. The molecule has 0 bridgehead atoms. The highest BCUT2D eigenvalue weighted by atomic mass is 19.4. The van der Waals surface area contributed by atoms with Crippen molar-refractivity contribution < 1.29 is 27.5 Å². The van der Waals surface area contributed by atoms with E-state index in [1.165, 1.54) is 23.1 Å². The molecule has 8 heteroatoms. The van der Waals surface area contributed by atoms with E-state index in [4.69, 9.17) is 4.74 Å². The van der Waals surface area contributed by atoms with Gasteiger partial charge in [-0.3, -0.25) is 9.59 Å². The van der Waals surface area contributed by atoms with Crippen LogP contribution in [0.15, 0.2) is 78.9 Å². The fourth-order valence-electron chi connectivity index (χ4n) is 3.14. The molecule has 0 aliphatic heterocycles. The maximum atomic E-state index is 13.1. The first-order valence-electron chi connectivity index (χ1n) is 10.3. The SMILES string of the molecule is CCN(CC(=O)Nc1ccccc1C(F)(F)F)C(=O)c1ccc(COc2ccccc2)cc1. The standard InChI is InChI=1S/C25H23F3N2O3/c1-2-30(16-23(31)29-22-11-7-6-10-21(22)25(26,27)28)24(32)19-14-12-18(13-15-19)17-33-20-8-4-3-5-9-20/h3-15H,2,16-17H2,1H3,(H,29,31). The lowest BCUT2D eigenvalue weighted by atomic mass is 10.1. The van der Waals surface area contributed by atoms with E-state index in [0.29, 0.717) is 12.2 Å². The predicted molar refractivity (Wildman–Crippen MR) is 119 cm³/mol. The number of carbonyl (C=O) groups excluding carboxylic acids is 2. The van der Waals surface area contributed by atoms with Crippen molar-refractivity contribution in [1.82, 2.24) is 4.90 Å². The molecule has 3 rings (SSSR count). The Kier molecular flexibility index (Phi) is 7.71. The van der Waals surface area contributed by atoms with Gasteiger partial charge in [-0.2, -0.15) is 13.2 Å². The minimum Gasteiger partial charge on any atom is -0.489 e. The summed E-state index contributed by atoms with van der Waals surface area (Å²) in [5.74, 6) is -0.380. The minimum atomic E-state index is -4.60. The van der Waals surface area contributed by atoms with Gasteiger partial charge in [-0.15, -0.1) is 0 Å². The van der Waals surface area contributed by atoms with Crippen LogP contribution in [-0.2, 0) is 17.6 Å². The lowest BCUT2D eigenvalue weighted by Crippen LogP contribution is -2.38. The molecular formula is C25H23F3N2O3. The smallest absolute Gasteiger partial charge is 0.418 e. The number of ether oxygens (including phenoxy) is 1. The van der Waals surface area contributed by atoms with Gasteiger partial charge < -0.3 is 15.0 Å². The molecule has 0 radical (unpaired) electrons. The first-order chi connectivity index (χ1) is 15.8. The Labute approximate surface area is 189 Å². The second-order valence-corrected chi connectivity index (χ2v) is 7.21. The zero-order valence-electron chi connectivity index (χ0n) is 17.9. The molecule has 0 atom stereocenters. The molecule has 3 aromatic rings. The molecule has 2 amide bonds. The van der Waals surface area contributed by atoms with Crippen LogP contribution >= 0.6 is 0 Å². The highest BCUT2D eigenvalue weighted by molar-refractivity contribution is 5.99. The fraction of sp³-hybridized carbons (Fsp3) is 0.200. The summed E-state index contributed by atoms with van der Waals surface area (Å²) in [6.07, 6.45) is -4.60.